The number of anilines is 1. The molecule has 0 aliphatic carbocycles. The molecule has 4 rings (SSSR count). The number of sulfonamides is 1. The molecule has 3 heterocycles. The summed E-state index contributed by atoms with van der Waals surface area (Å²) in [4.78, 5) is 30.8. The summed E-state index contributed by atoms with van der Waals surface area (Å²) in [6.07, 6.45) is 1.66. The van der Waals surface area contributed by atoms with Crippen molar-refractivity contribution in [2.24, 2.45) is 5.92 Å². The minimum absolute atomic E-state index is 0.121. The Labute approximate surface area is 183 Å². The highest BCUT2D eigenvalue weighted by Crippen LogP contribution is 2.35. The third kappa shape index (κ3) is 4.56. The van der Waals surface area contributed by atoms with Gasteiger partial charge in [0.05, 0.1) is 10.6 Å². The highest BCUT2D eigenvalue weighted by molar-refractivity contribution is 7.89. The number of carbonyl (C=O) groups excluding carboxylic acids is 2. The van der Waals surface area contributed by atoms with Crippen molar-refractivity contribution >= 4 is 27.5 Å². The fourth-order valence-corrected chi connectivity index (χ4v) is 5.67. The zero-order valence-electron chi connectivity index (χ0n) is 18.1. The van der Waals surface area contributed by atoms with Crippen LogP contribution in [0, 0.1) is 5.92 Å². The van der Waals surface area contributed by atoms with Crippen LogP contribution in [0.3, 0.4) is 0 Å². The third-order valence-electron chi connectivity index (χ3n) is 6.40. The maximum absolute atomic E-state index is 13.2. The lowest BCUT2D eigenvalue weighted by molar-refractivity contribution is -0.133. The number of benzene rings is 1. The van der Waals surface area contributed by atoms with Gasteiger partial charge in [-0.25, -0.2) is 8.42 Å². The number of hydrogen-bond donors (Lipinski definition) is 0. The van der Waals surface area contributed by atoms with Crippen LogP contribution >= 0.6 is 0 Å². The minimum atomic E-state index is -3.68. The van der Waals surface area contributed by atoms with Crippen LogP contribution in [0.2, 0.25) is 0 Å². The van der Waals surface area contributed by atoms with Crippen molar-refractivity contribution in [1.82, 2.24) is 14.1 Å². The predicted molar refractivity (Wildman–Crippen MR) is 116 cm³/mol. The van der Waals surface area contributed by atoms with Gasteiger partial charge < -0.3 is 14.5 Å². The van der Waals surface area contributed by atoms with E-state index < -0.39 is 10.0 Å². The molecule has 2 amide bonds. The zero-order valence-corrected chi connectivity index (χ0v) is 18.9. The quantitative estimate of drug-likeness (QED) is 0.668. The summed E-state index contributed by atoms with van der Waals surface area (Å²) in [5.74, 6) is 0.429. The predicted octanol–water partition coefficient (Wildman–Crippen LogP) is 0.607. The molecule has 0 atom stereocenters. The van der Waals surface area contributed by atoms with E-state index in [1.807, 2.05) is 7.05 Å². The number of piperidine rings is 1. The van der Waals surface area contributed by atoms with E-state index in [1.54, 1.807) is 11.0 Å². The molecule has 2 fully saturated rings. The molecule has 170 valence electrons. The van der Waals surface area contributed by atoms with Crippen LogP contribution in [0.1, 0.15) is 19.8 Å². The molecule has 10 heteroatoms. The second kappa shape index (κ2) is 8.76. The molecule has 0 aromatic heterocycles. The lowest BCUT2D eigenvalue weighted by Gasteiger charge is -2.35. The number of fused-ring (bicyclic) bond motifs is 1. The first-order chi connectivity index (χ1) is 14.8. The molecule has 0 unspecified atom stereocenters. The Balaban J connectivity index is 1.57. The van der Waals surface area contributed by atoms with E-state index in [0.717, 1.165) is 25.9 Å². The maximum Gasteiger partial charge on any atom is 0.265 e. The van der Waals surface area contributed by atoms with Gasteiger partial charge >= 0.3 is 0 Å². The first kappa shape index (κ1) is 22.0. The summed E-state index contributed by atoms with van der Waals surface area (Å²) >= 11 is 0. The maximum atomic E-state index is 13.2. The van der Waals surface area contributed by atoms with Gasteiger partial charge in [0, 0.05) is 39.3 Å². The van der Waals surface area contributed by atoms with Crippen molar-refractivity contribution in [3.8, 4) is 5.75 Å². The number of nitrogens with zero attached hydrogens (tertiary/aromatic N) is 4. The van der Waals surface area contributed by atoms with Crippen LogP contribution in [-0.2, 0) is 19.6 Å². The molecule has 0 N–H and O–H groups in total. The van der Waals surface area contributed by atoms with Gasteiger partial charge in [-0.2, -0.15) is 4.31 Å². The average molecular weight is 451 g/mol. The van der Waals surface area contributed by atoms with Crippen molar-refractivity contribution in [2.75, 3.05) is 64.4 Å². The van der Waals surface area contributed by atoms with Crippen molar-refractivity contribution in [3.05, 3.63) is 18.2 Å². The van der Waals surface area contributed by atoms with Crippen molar-refractivity contribution < 1.29 is 22.7 Å². The fraction of sp³-hybridized carbons (Fsp3) is 0.619. The number of piperazine rings is 1. The van der Waals surface area contributed by atoms with Crippen molar-refractivity contribution in [1.29, 1.82) is 0 Å². The van der Waals surface area contributed by atoms with E-state index in [0.29, 0.717) is 43.5 Å². The Kier molecular flexibility index (Phi) is 6.23. The van der Waals surface area contributed by atoms with Crippen LogP contribution in [0.5, 0.6) is 5.75 Å². The van der Waals surface area contributed by atoms with Crippen LogP contribution in [0.25, 0.3) is 0 Å². The summed E-state index contributed by atoms with van der Waals surface area (Å²) in [6.45, 7) is 5.62. The van der Waals surface area contributed by atoms with Gasteiger partial charge in [-0.05, 0) is 44.0 Å². The lowest BCUT2D eigenvalue weighted by Crippen LogP contribution is -2.52. The molecule has 0 spiro atoms. The Hall–Kier alpha value is -2.17. The summed E-state index contributed by atoms with van der Waals surface area (Å²) < 4.78 is 33.3. The highest BCUT2D eigenvalue weighted by atomic mass is 32.2. The highest BCUT2D eigenvalue weighted by Gasteiger charge is 2.33. The summed E-state index contributed by atoms with van der Waals surface area (Å²) in [7, 11) is -1.67. The Morgan fingerprint density at radius 3 is 2.45 bits per heavy atom. The lowest BCUT2D eigenvalue weighted by atomic mass is 10.0. The van der Waals surface area contributed by atoms with Crippen molar-refractivity contribution in [2.45, 2.75) is 24.7 Å². The molecule has 0 bridgehead atoms. The van der Waals surface area contributed by atoms with Gasteiger partial charge in [0.1, 0.15) is 12.3 Å². The largest absolute Gasteiger partial charge is 0.482 e. The molecule has 0 radical (unpaired) electrons. The number of rotatable bonds is 4. The van der Waals surface area contributed by atoms with E-state index in [2.05, 4.69) is 11.8 Å². The van der Waals surface area contributed by atoms with E-state index in [-0.39, 0.29) is 29.9 Å². The topological polar surface area (TPSA) is 90.5 Å². The smallest absolute Gasteiger partial charge is 0.265 e. The average Bonchev–Trinajstić information content (AvgIpc) is 2.76. The first-order valence-corrected chi connectivity index (χ1v) is 12.2. The molecule has 1 aromatic rings. The van der Waals surface area contributed by atoms with E-state index >= 15 is 0 Å². The second-order valence-electron chi connectivity index (χ2n) is 8.67. The number of ether oxygens (including phenoxy) is 1. The first-order valence-electron chi connectivity index (χ1n) is 10.8. The molecule has 0 saturated carbocycles. The van der Waals surface area contributed by atoms with Crippen LogP contribution in [-0.4, -0.2) is 93.8 Å². The van der Waals surface area contributed by atoms with Gasteiger partial charge in [0.15, 0.2) is 6.61 Å². The second-order valence-corrected chi connectivity index (χ2v) is 10.6. The summed E-state index contributed by atoms with van der Waals surface area (Å²) in [5.41, 5.74) is 0.338. The Morgan fingerprint density at radius 1 is 1.10 bits per heavy atom. The third-order valence-corrected chi connectivity index (χ3v) is 8.30. The fourth-order valence-electron chi connectivity index (χ4n) is 4.18. The van der Waals surface area contributed by atoms with E-state index in [1.165, 1.54) is 21.3 Å². The van der Waals surface area contributed by atoms with Gasteiger partial charge in [-0.15, -0.1) is 0 Å². The molecular weight excluding hydrogens is 420 g/mol. The van der Waals surface area contributed by atoms with E-state index in [4.69, 9.17) is 4.74 Å². The zero-order chi connectivity index (χ0) is 22.2. The van der Waals surface area contributed by atoms with Gasteiger partial charge in [-0.1, -0.05) is 6.92 Å². The molecule has 2 saturated heterocycles. The summed E-state index contributed by atoms with van der Waals surface area (Å²) in [6, 6.07) is 4.56. The van der Waals surface area contributed by atoms with Gasteiger partial charge in [0.25, 0.3) is 5.91 Å². The van der Waals surface area contributed by atoms with Gasteiger partial charge in [-0.3, -0.25) is 14.5 Å². The molecule has 3 aliphatic rings. The number of amides is 2. The summed E-state index contributed by atoms with van der Waals surface area (Å²) in [5, 5.41) is 0. The normalized spacial score (nSPS) is 21.7. The van der Waals surface area contributed by atoms with Crippen molar-refractivity contribution in [3.63, 3.8) is 0 Å². The standard InChI is InChI=1S/C21H30N4O5S/c1-16-5-7-24(8-6-16)31(28,29)17-3-4-19-18(13-17)25(21(27)15-30-19)14-20(26)23-11-9-22(2)10-12-23/h3-4,13,16H,5-12,14-15H2,1-2H3. The van der Waals surface area contributed by atoms with E-state index in [9.17, 15) is 18.0 Å². The monoisotopic (exact) mass is 450 g/mol. The van der Waals surface area contributed by atoms with Gasteiger partial charge in [0.2, 0.25) is 15.9 Å². The Morgan fingerprint density at radius 2 is 1.77 bits per heavy atom. The van der Waals surface area contributed by atoms with Crippen LogP contribution in [0.15, 0.2) is 23.1 Å². The van der Waals surface area contributed by atoms with Crippen LogP contribution < -0.4 is 9.64 Å². The molecular formula is C21H30N4O5S. The van der Waals surface area contributed by atoms with Crippen LogP contribution in [0.4, 0.5) is 5.69 Å². The number of hydrogen-bond acceptors (Lipinski definition) is 6. The number of carbonyl (C=O) groups is 2. The molecule has 9 nitrogen and oxygen atoms in total. The molecule has 31 heavy (non-hydrogen) atoms. The number of likely N-dealkylation sites (N-methyl/N-ethyl adjacent to an activating group) is 1. The minimum Gasteiger partial charge on any atom is -0.482 e. The Bertz CT molecular complexity index is 951. The SMILES string of the molecule is CC1CCN(S(=O)(=O)c2ccc3c(c2)N(CC(=O)N2CCN(C)CC2)C(=O)CO3)CC1. The molecule has 3 aliphatic heterocycles. The molecule has 1 aromatic carbocycles.